The van der Waals surface area contributed by atoms with E-state index in [1.54, 1.807) is 0 Å². The van der Waals surface area contributed by atoms with Gasteiger partial charge in [-0.3, -0.25) is 0 Å². The molecule has 0 bridgehead atoms. The van der Waals surface area contributed by atoms with E-state index in [0.29, 0.717) is 5.71 Å². The molecule has 0 atom stereocenters. The van der Waals surface area contributed by atoms with Crippen LogP contribution in [-0.2, 0) is 0 Å². The fourth-order valence-electron chi connectivity index (χ4n) is 1.56. The van der Waals surface area contributed by atoms with E-state index < -0.39 is 0 Å². The van der Waals surface area contributed by atoms with Crippen LogP contribution in [0.4, 0.5) is 0 Å². The molecule has 0 heterocycles. The van der Waals surface area contributed by atoms with Crippen molar-refractivity contribution in [2.75, 3.05) is 0 Å². The molecule has 0 spiro atoms. The summed E-state index contributed by atoms with van der Waals surface area (Å²) in [6, 6.07) is 6.14. The van der Waals surface area contributed by atoms with Crippen LogP contribution in [0.5, 0.6) is 0 Å². The van der Waals surface area contributed by atoms with Crippen LogP contribution >= 0.6 is 0 Å². The van der Waals surface area contributed by atoms with Crippen molar-refractivity contribution in [3.63, 3.8) is 0 Å². The van der Waals surface area contributed by atoms with E-state index in [2.05, 4.69) is 32.9 Å². The van der Waals surface area contributed by atoms with Crippen LogP contribution < -0.4 is 0 Å². The molecule has 1 nitrogen and oxygen atoms in total. The van der Waals surface area contributed by atoms with E-state index in [9.17, 15) is 0 Å². The van der Waals surface area contributed by atoms with Crippen molar-refractivity contribution in [2.24, 2.45) is 0 Å². The first-order valence-corrected chi connectivity index (χ1v) is 4.98. The first-order valence-electron chi connectivity index (χ1n) is 4.98. The Kier molecular flexibility index (Phi) is 3.63. The lowest BCUT2D eigenvalue weighted by Gasteiger charge is -2.07. The average Bonchev–Trinajstić information content (AvgIpc) is 2.14. The maximum absolute atomic E-state index is 7.93. The number of aryl methyl sites for hydroxylation is 2. The number of hydrogen-bond donors (Lipinski definition) is 1. The lowest BCUT2D eigenvalue weighted by atomic mass is 9.98. The Morgan fingerprint density at radius 1 is 1.29 bits per heavy atom. The van der Waals surface area contributed by atoms with Crippen LogP contribution in [0, 0.1) is 19.3 Å². The zero-order valence-corrected chi connectivity index (χ0v) is 9.09. The summed E-state index contributed by atoms with van der Waals surface area (Å²) in [5, 5.41) is 7.93. The Morgan fingerprint density at radius 3 is 2.36 bits per heavy atom. The van der Waals surface area contributed by atoms with E-state index in [1.807, 2.05) is 18.2 Å². The SMILES string of the molecule is CC/C=C\C(=N)c1c(C)cccc1C. The molecule has 74 valence electrons. The van der Waals surface area contributed by atoms with Crippen molar-refractivity contribution in [1.82, 2.24) is 0 Å². The maximum Gasteiger partial charge on any atom is 0.0614 e. The third kappa shape index (κ3) is 2.32. The molecule has 0 aliphatic rings. The maximum atomic E-state index is 7.93. The summed E-state index contributed by atoms with van der Waals surface area (Å²) >= 11 is 0. The van der Waals surface area contributed by atoms with Crippen LogP contribution in [0.2, 0.25) is 0 Å². The van der Waals surface area contributed by atoms with Crippen LogP contribution in [-0.4, -0.2) is 5.71 Å². The smallest absolute Gasteiger partial charge is 0.0614 e. The number of nitrogens with one attached hydrogen (secondary N) is 1. The number of benzene rings is 1. The van der Waals surface area contributed by atoms with Gasteiger partial charge in [0.2, 0.25) is 0 Å². The molecular weight excluding hydrogens is 170 g/mol. The first kappa shape index (κ1) is 10.7. The van der Waals surface area contributed by atoms with Gasteiger partial charge in [-0.05, 0) is 37.5 Å². The molecule has 0 unspecified atom stereocenters. The molecule has 0 fully saturated rings. The Morgan fingerprint density at radius 2 is 1.86 bits per heavy atom. The molecule has 1 rings (SSSR count). The summed E-state index contributed by atoms with van der Waals surface area (Å²) in [5.74, 6) is 0. The van der Waals surface area contributed by atoms with Gasteiger partial charge < -0.3 is 5.41 Å². The molecule has 0 aliphatic carbocycles. The molecule has 0 saturated carbocycles. The fourth-order valence-corrected chi connectivity index (χ4v) is 1.56. The Hall–Kier alpha value is -1.37. The van der Waals surface area contributed by atoms with Crippen LogP contribution in [0.1, 0.15) is 30.0 Å². The first-order chi connectivity index (χ1) is 6.66. The van der Waals surface area contributed by atoms with Crippen molar-refractivity contribution in [3.8, 4) is 0 Å². The Bertz CT molecular complexity index is 341. The van der Waals surface area contributed by atoms with E-state index in [1.165, 1.54) is 11.1 Å². The number of rotatable bonds is 3. The predicted octanol–water partition coefficient (Wildman–Crippen LogP) is 3.64. The third-order valence-electron chi connectivity index (χ3n) is 2.27. The summed E-state index contributed by atoms with van der Waals surface area (Å²) < 4.78 is 0. The second kappa shape index (κ2) is 4.75. The van der Waals surface area contributed by atoms with Crippen LogP contribution in [0.3, 0.4) is 0 Å². The van der Waals surface area contributed by atoms with Gasteiger partial charge in [0.1, 0.15) is 0 Å². The molecular formula is C13H17N. The van der Waals surface area contributed by atoms with Crippen LogP contribution in [0.25, 0.3) is 0 Å². The Balaban J connectivity index is 3.06. The van der Waals surface area contributed by atoms with E-state index in [4.69, 9.17) is 5.41 Å². The highest BCUT2D eigenvalue weighted by Gasteiger charge is 2.04. The molecule has 1 aromatic rings. The van der Waals surface area contributed by atoms with Gasteiger partial charge in [-0.25, -0.2) is 0 Å². The highest BCUT2D eigenvalue weighted by Crippen LogP contribution is 2.14. The minimum absolute atomic E-state index is 0.613. The number of hydrogen-bond acceptors (Lipinski definition) is 1. The van der Waals surface area contributed by atoms with Gasteiger partial charge in [0, 0.05) is 5.56 Å². The minimum atomic E-state index is 0.613. The summed E-state index contributed by atoms with van der Waals surface area (Å²) in [6.45, 7) is 6.18. The molecule has 0 aliphatic heterocycles. The zero-order valence-electron chi connectivity index (χ0n) is 9.09. The van der Waals surface area contributed by atoms with Crippen molar-refractivity contribution >= 4 is 5.71 Å². The average molecular weight is 187 g/mol. The van der Waals surface area contributed by atoms with E-state index >= 15 is 0 Å². The van der Waals surface area contributed by atoms with Gasteiger partial charge in [-0.15, -0.1) is 0 Å². The highest BCUT2D eigenvalue weighted by atomic mass is 14.4. The van der Waals surface area contributed by atoms with E-state index in [-0.39, 0.29) is 0 Å². The lowest BCUT2D eigenvalue weighted by Crippen LogP contribution is -2.00. The summed E-state index contributed by atoms with van der Waals surface area (Å²) in [6.07, 6.45) is 4.89. The summed E-state index contributed by atoms with van der Waals surface area (Å²) in [7, 11) is 0. The normalized spacial score (nSPS) is 10.8. The Labute approximate surface area is 86.0 Å². The van der Waals surface area contributed by atoms with Crippen LogP contribution in [0.15, 0.2) is 30.4 Å². The highest BCUT2D eigenvalue weighted by molar-refractivity contribution is 6.08. The molecule has 0 saturated heterocycles. The van der Waals surface area contributed by atoms with Gasteiger partial charge in [0.25, 0.3) is 0 Å². The standard InChI is InChI=1S/C13H17N/c1-4-5-9-12(14)13-10(2)7-6-8-11(13)3/h5-9,14H,4H2,1-3H3/b9-5-,14-12?. The monoisotopic (exact) mass is 187 g/mol. The van der Waals surface area contributed by atoms with Gasteiger partial charge in [-0.2, -0.15) is 0 Å². The topological polar surface area (TPSA) is 23.9 Å². The summed E-state index contributed by atoms with van der Waals surface area (Å²) in [5.41, 5.74) is 4.03. The van der Waals surface area contributed by atoms with Gasteiger partial charge in [-0.1, -0.05) is 31.2 Å². The van der Waals surface area contributed by atoms with Crippen molar-refractivity contribution in [3.05, 3.63) is 47.0 Å². The minimum Gasteiger partial charge on any atom is -0.300 e. The molecule has 0 amide bonds. The quantitative estimate of drug-likeness (QED) is 0.699. The molecule has 14 heavy (non-hydrogen) atoms. The van der Waals surface area contributed by atoms with E-state index in [0.717, 1.165) is 12.0 Å². The zero-order chi connectivity index (χ0) is 10.6. The van der Waals surface area contributed by atoms with Gasteiger partial charge in [0.05, 0.1) is 5.71 Å². The molecule has 1 N–H and O–H groups in total. The molecule has 0 aromatic heterocycles. The van der Waals surface area contributed by atoms with Crippen molar-refractivity contribution in [1.29, 1.82) is 5.41 Å². The molecule has 0 radical (unpaired) electrons. The van der Waals surface area contributed by atoms with Crippen molar-refractivity contribution in [2.45, 2.75) is 27.2 Å². The van der Waals surface area contributed by atoms with Gasteiger partial charge >= 0.3 is 0 Å². The predicted molar refractivity (Wildman–Crippen MR) is 62.2 cm³/mol. The molecule has 1 heteroatoms. The third-order valence-corrected chi connectivity index (χ3v) is 2.27. The van der Waals surface area contributed by atoms with Gasteiger partial charge in [0.15, 0.2) is 0 Å². The fraction of sp³-hybridized carbons (Fsp3) is 0.308. The lowest BCUT2D eigenvalue weighted by molar-refractivity contribution is 1.22. The summed E-state index contributed by atoms with van der Waals surface area (Å²) in [4.78, 5) is 0. The second-order valence-electron chi connectivity index (χ2n) is 3.49. The number of allylic oxidation sites excluding steroid dienone is 2. The second-order valence-corrected chi connectivity index (χ2v) is 3.49. The van der Waals surface area contributed by atoms with Crippen molar-refractivity contribution < 1.29 is 0 Å². The molecule has 1 aromatic carbocycles. The largest absolute Gasteiger partial charge is 0.300 e.